The van der Waals surface area contributed by atoms with Gasteiger partial charge < -0.3 is 10.1 Å². The van der Waals surface area contributed by atoms with Gasteiger partial charge >= 0.3 is 0 Å². The zero-order chi connectivity index (χ0) is 15.3. The van der Waals surface area contributed by atoms with Crippen LogP contribution in [0.4, 0.5) is 0 Å². The first-order chi connectivity index (χ1) is 10.1. The van der Waals surface area contributed by atoms with Gasteiger partial charge in [-0.05, 0) is 55.9 Å². The van der Waals surface area contributed by atoms with Crippen molar-refractivity contribution in [2.45, 2.75) is 91.2 Å². The first-order valence-electron chi connectivity index (χ1n) is 9.41. The highest BCUT2D eigenvalue weighted by Crippen LogP contribution is 2.41. The Morgan fingerprint density at radius 1 is 1.05 bits per heavy atom. The standard InChI is InChI=1S/C19H37NO/c1-5-19(3,4)16-11-12-17(20-6-2)18(13-16)21-14-15-9-7-8-10-15/h15-18,20H,5-14H2,1-4H3. The first-order valence-corrected chi connectivity index (χ1v) is 9.41. The molecule has 0 saturated heterocycles. The Morgan fingerprint density at radius 3 is 2.38 bits per heavy atom. The Kier molecular flexibility index (Phi) is 6.55. The van der Waals surface area contributed by atoms with E-state index in [2.05, 4.69) is 33.0 Å². The molecular formula is C19H37NO. The Bertz CT molecular complexity index is 296. The second-order valence-corrected chi connectivity index (χ2v) is 8.04. The summed E-state index contributed by atoms with van der Waals surface area (Å²) in [6.45, 7) is 11.5. The molecule has 2 rings (SSSR count). The molecule has 2 aliphatic rings. The van der Waals surface area contributed by atoms with Gasteiger partial charge in [-0.1, -0.05) is 47.0 Å². The summed E-state index contributed by atoms with van der Waals surface area (Å²) >= 11 is 0. The lowest BCUT2D eigenvalue weighted by Gasteiger charge is -2.43. The molecule has 0 aliphatic heterocycles. The van der Waals surface area contributed by atoms with E-state index in [1.807, 2.05) is 0 Å². The molecule has 0 amide bonds. The van der Waals surface area contributed by atoms with Gasteiger partial charge in [-0.3, -0.25) is 0 Å². The van der Waals surface area contributed by atoms with E-state index in [1.54, 1.807) is 0 Å². The molecule has 2 fully saturated rings. The molecule has 2 nitrogen and oxygen atoms in total. The Morgan fingerprint density at radius 2 is 1.76 bits per heavy atom. The molecule has 0 aromatic heterocycles. The van der Waals surface area contributed by atoms with Crippen molar-refractivity contribution >= 4 is 0 Å². The molecule has 0 heterocycles. The van der Waals surface area contributed by atoms with Crippen LogP contribution < -0.4 is 5.32 Å². The normalized spacial score (nSPS) is 31.7. The van der Waals surface area contributed by atoms with Crippen LogP contribution in [0, 0.1) is 17.3 Å². The maximum atomic E-state index is 6.44. The predicted molar refractivity (Wildman–Crippen MR) is 90.6 cm³/mol. The zero-order valence-electron chi connectivity index (χ0n) is 14.8. The number of hydrogen-bond acceptors (Lipinski definition) is 2. The number of nitrogens with one attached hydrogen (secondary N) is 1. The molecule has 0 aromatic rings. The maximum Gasteiger partial charge on any atom is 0.0731 e. The van der Waals surface area contributed by atoms with Crippen LogP contribution in [0.2, 0.25) is 0 Å². The molecular weight excluding hydrogens is 258 g/mol. The highest BCUT2D eigenvalue weighted by Gasteiger charge is 2.37. The molecule has 2 heteroatoms. The topological polar surface area (TPSA) is 21.3 Å². The van der Waals surface area contributed by atoms with Crippen molar-refractivity contribution in [1.29, 1.82) is 0 Å². The van der Waals surface area contributed by atoms with Crippen LogP contribution in [-0.2, 0) is 4.74 Å². The van der Waals surface area contributed by atoms with E-state index in [1.165, 1.54) is 51.4 Å². The molecule has 124 valence electrons. The average molecular weight is 296 g/mol. The highest BCUT2D eigenvalue weighted by molar-refractivity contribution is 4.91. The number of likely N-dealkylation sites (N-methyl/N-ethyl adjacent to an activating group) is 1. The zero-order valence-corrected chi connectivity index (χ0v) is 14.8. The summed E-state index contributed by atoms with van der Waals surface area (Å²) in [5, 5.41) is 3.67. The number of rotatable bonds is 7. The molecule has 3 unspecified atom stereocenters. The lowest BCUT2D eigenvalue weighted by molar-refractivity contribution is -0.0425. The van der Waals surface area contributed by atoms with Gasteiger partial charge in [0.1, 0.15) is 0 Å². The molecule has 1 N–H and O–H groups in total. The fourth-order valence-corrected chi connectivity index (χ4v) is 4.24. The van der Waals surface area contributed by atoms with Crippen LogP contribution in [-0.4, -0.2) is 25.3 Å². The van der Waals surface area contributed by atoms with Gasteiger partial charge in [0.15, 0.2) is 0 Å². The smallest absolute Gasteiger partial charge is 0.0731 e. The third-order valence-corrected chi connectivity index (χ3v) is 6.30. The van der Waals surface area contributed by atoms with E-state index in [0.717, 1.165) is 25.0 Å². The second-order valence-electron chi connectivity index (χ2n) is 8.04. The summed E-state index contributed by atoms with van der Waals surface area (Å²) in [6.07, 6.45) is 11.2. The van der Waals surface area contributed by atoms with Crippen molar-refractivity contribution in [2.24, 2.45) is 17.3 Å². The Labute approximate surface area is 132 Å². The fraction of sp³-hybridized carbons (Fsp3) is 1.00. The van der Waals surface area contributed by atoms with Crippen LogP contribution in [0.5, 0.6) is 0 Å². The van der Waals surface area contributed by atoms with E-state index < -0.39 is 0 Å². The van der Waals surface area contributed by atoms with Gasteiger partial charge in [0.25, 0.3) is 0 Å². The largest absolute Gasteiger partial charge is 0.376 e. The highest BCUT2D eigenvalue weighted by atomic mass is 16.5. The third-order valence-electron chi connectivity index (χ3n) is 6.30. The Hall–Kier alpha value is -0.0800. The molecule has 0 aromatic carbocycles. The minimum absolute atomic E-state index is 0.440. The van der Waals surface area contributed by atoms with Gasteiger partial charge in [-0.15, -0.1) is 0 Å². The molecule has 0 bridgehead atoms. The molecule has 0 radical (unpaired) electrons. The predicted octanol–water partition coefficient (Wildman–Crippen LogP) is 4.78. The monoisotopic (exact) mass is 295 g/mol. The maximum absolute atomic E-state index is 6.44. The van der Waals surface area contributed by atoms with Crippen molar-refractivity contribution in [1.82, 2.24) is 5.32 Å². The quantitative estimate of drug-likeness (QED) is 0.730. The van der Waals surface area contributed by atoms with Gasteiger partial charge in [0.2, 0.25) is 0 Å². The second kappa shape index (κ2) is 7.97. The van der Waals surface area contributed by atoms with Crippen LogP contribution in [0.3, 0.4) is 0 Å². The van der Waals surface area contributed by atoms with E-state index in [4.69, 9.17) is 4.74 Å². The molecule has 3 atom stereocenters. The molecule has 21 heavy (non-hydrogen) atoms. The third kappa shape index (κ3) is 4.69. The van der Waals surface area contributed by atoms with Crippen molar-refractivity contribution in [3.05, 3.63) is 0 Å². The lowest BCUT2D eigenvalue weighted by atomic mass is 9.68. The van der Waals surface area contributed by atoms with E-state index in [0.29, 0.717) is 17.6 Å². The van der Waals surface area contributed by atoms with Crippen molar-refractivity contribution in [3.63, 3.8) is 0 Å². The summed E-state index contributed by atoms with van der Waals surface area (Å²) < 4.78 is 6.44. The van der Waals surface area contributed by atoms with Crippen LogP contribution in [0.1, 0.15) is 79.1 Å². The van der Waals surface area contributed by atoms with Crippen LogP contribution >= 0.6 is 0 Å². The van der Waals surface area contributed by atoms with Gasteiger partial charge in [0, 0.05) is 12.6 Å². The minimum Gasteiger partial charge on any atom is -0.376 e. The van der Waals surface area contributed by atoms with Crippen molar-refractivity contribution in [2.75, 3.05) is 13.2 Å². The van der Waals surface area contributed by atoms with Gasteiger partial charge in [-0.25, -0.2) is 0 Å². The van der Waals surface area contributed by atoms with Crippen molar-refractivity contribution in [3.8, 4) is 0 Å². The van der Waals surface area contributed by atoms with E-state index in [9.17, 15) is 0 Å². The van der Waals surface area contributed by atoms with E-state index >= 15 is 0 Å². The van der Waals surface area contributed by atoms with Crippen LogP contribution in [0.25, 0.3) is 0 Å². The van der Waals surface area contributed by atoms with Crippen LogP contribution in [0.15, 0.2) is 0 Å². The molecule has 2 saturated carbocycles. The van der Waals surface area contributed by atoms with Crippen molar-refractivity contribution < 1.29 is 4.74 Å². The number of ether oxygens (including phenoxy) is 1. The van der Waals surface area contributed by atoms with Gasteiger partial charge in [-0.2, -0.15) is 0 Å². The molecule has 0 spiro atoms. The lowest BCUT2D eigenvalue weighted by Crippen LogP contribution is -2.48. The minimum atomic E-state index is 0.440. The first kappa shape index (κ1) is 17.3. The van der Waals surface area contributed by atoms with Gasteiger partial charge in [0.05, 0.1) is 6.10 Å². The summed E-state index contributed by atoms with van der Waals surface area (Å²) in [5.74, 6) is 1.66. The average Bonchev–Trinajstić information content (AvgIpc) is 2.99. The Balaban J connectivity index is 1.90. The summed E-state index contributed by atoms with van der Waals surface area (Å²) in [4.78, 5) is 0. The number of hydrogen-bond donors (Lipinski definition) is 1. The molecule has 2 aliphatic carbocycles. The van der Waals surface area contributed by atoms with E-state index in [-0.39, 0.29) is 0 Å². The summed E-state index contributed by atoms with van der Waals surface area (Å²) in [6, 6.07) is 0.584. The summed E-state index contributed by atoms with van der Waals surface area (Å²) in [7, 11) is 0. The fourth-order valence-electron chi connectivity index (χ4n) is 4.24. The summed E-state index contributed by atoms with van der Waals surface area (Å²) in [5.41, 5.74) is 0.464. The SMILES string of the molecule is CCNC1CCC(C(C)(C)CC)CC1OCC1CCCC1.